The van der Waals surface area contributed by atoms with E-state index in [9.17, 15) is 14.0 Å². The Kier molecular flexibility index (Phi) is 6.64. The summed E-state index contributed by atoms with van der Waals surface area (Å²) in [6, 6.07) is 3.89. The number of benzene rings is 1. The van der Waals surface area contributed by atoms with Crippen LogP contribution in [0.15, 0.2) is 22.7 Å². The van der Waals surface area contributed by atoms with Gasteiger partial charge in [0.05, 0.1) is 5.56 Å². The smallest absolute Gasteiger partial charge is 0.303 e. The lowest BCUT2D eigenvalue weighted by Crippen LogP contribution is -2.26. The molecule has 0 aliphatic rings. The number of carboxylic acid groups (broad SMARTS) is 1. The molecule has 0 aromatic heterocycles. The fraction of sp³-hybridized carbons (Fsp3) is 0.429. The standard InChI is InChI=1S/C14H17BrFNO3/c1-9(2-5-13(18)19)6-7-17-14(20)11-4-3-10(16)8-12(11)15/h3-4,8-9H,2,5-7H2,1H3,(H,17,20)(H,18,19). The van der Waals surface area contributed by atoms with Crippen LogP contribution in [0.3, 0.4) is 0 Å². The first-order chi connectivity index (χ1) is 9.40. The van der Waals surface area contributed by atoms with Crippen LogP contribution in [0.1, 0.15) is 36.5 Å². The topological polar surface area (TPSA) is 66.4 Å². The van der Waals surface area contributed by atoms with E-state index in [1.165, 1.54) is 18.2 Å². The Hall–Kier alpha value is -1.43. The van der Waals surface area contributed by atoms with Crippen molar-refractivity contribution in [3.63, 3.8) is 0 Å². The van der Waals surface area contributed by atoms with Gasteiger partial charge in [-0.3, -0.25) is 9.59 Å². The van der Waals surface area contributed by atoms with E-state index in [-0.39, 0.29) is 18.2 Å². The number of nitrogens with one attached hydrogen (secondary N) is 1. The Morgan fingerprint density at radius 1 is 1.40 bits per heavy atom. The second-order valence-corrected chi connectivity index (χ2v) is 5.56. The van der Waals surface area contributed by atoms with Crippen LogP contribution < -0.4 is 5.32 Å². The molecule has 0 bridgehead atoms. The summed E-state index contributed by atoms with van der Waals surface area (Å²) in [6.07, 6.45) is 1.43. The normalized spacial score (nSPS) is 11.9. The van der Waals surface area contributed by atoms with Crippen molar-refractivity contribution in [3.05, 3.63) is 34.1 Å². The van der Waals surface area contributed by atoms with Gasteiger partial charge in [0.25, 0.3) is 5.91 Å². The van der Waals surface area contributed by atoms with Gasteiger partial charge in [0.2, 0.25) is 0 Å². The summed E-state index contributed by atoms with van der Waals surface area (Å²) in [7, 11) is 0. The summed E-state index contributed by atoms with van der Waals surface area (Å²) in [4.78, 5) is 22.3. The minimum absolute atomic E-state index is 0.138. The fourth-order valence-corrected chi connectivity index (χ4v) is 2.25. The van der Waals surface area contributed by atoms with Crippen molar-refractivity contribution in [3.8, 4) is 0 Å². The second-order valence-electron chi connectivity index (χ2n) is 4.71. The van der Waals surface area contributed by atoms with Crippen molar-refractivity contribution in [2.45, 2.75) is 26.2 Å². The first-order valence-corrected chi connectivity index (χ1v) is 7.14. The predicted octanol–water partition coefficient (Wildman–Crippen LogP) is 3.21. The molecule has 6 heteroatoms. The molecule has 0 spiro atoms. The third kappa shape index (κ3) is 5.69. The lowest BCUT2D eigenvalue weighted by molar-refractivity contribution is -0.137. The molecule has 0 fully saturated rings. The molecule has 0 radical (unpaired) electrons. The van der Waals surface area contributed by atoms with Crippen LogP contribution in [0.2, 0.25) is 0 Å². The number of carbonyl (C=O) groups excluding carboxylic acids is 1. The van der Waals surface area contributed by atoms with Crippen LogP contribution in [0, 0.1) is 11.7 Å². The molecule has 1 rings (SSSR count). The number of aliphatic carboxylic acids is 1. The number of carboxylic acids is 1. The van der Waals surface area contributed by atoms with Crippen molar-refractivity contribution >= 4 is 27.8 Å². The molecule has 0 aliphatic heterocycles. The third-order valence-electron chi connectivity index (χ3n) is 2.95. The zero-order chi connectivity index (χ0) is 15.1. The third-order valence-corrected chi connectivity index (χ3v) is 3.61. The largest absolute Gasteiger partial charge is 0.481 e. The maximum absolute atomic E-state index is 12.9. The van der Waals surface area contributed by atoms with Crippen molar-refractivity contribution < 1.29 is 19.1 Å². The van der Waals surface area contributed by atoms with Gasteiger partial charge in [-0.1, -0.05) is 6.92 Å². The highest BCUT2D eigenvalue weighted by Crippen LogP contribution is 2.18. The summed E-state index contributed by atoms with van der Waals surface area (Å²) in [5.41, 5.74) is 0.379. The maximum Gasteiger partial charge on any atom is 0.303 e. The van der Waals surface area contributed by atoms with E-state index in [0.29, 0.717) is 29.4 Å². The number of carbonyl (C=O) groups is 2. The molecule has 1 amide bonds. The molecule has 1 aromatic carbocycles. The van der Waals surface area contributed by atoms with Gasteiger partial charge in [0.15, 0.2) is 0 Å². The van der Waals surface area contributed by atoms with Gasteiger partial charge in [0, 0.05) is 17.4 Å². The van der Waals surface area contributed by atoms with Crippen LogP contribution in [0.25, 0.3) is 0 Å². The molecular weight excluding hydrogens is 329 g/mol. The summed E-state index contributed by atoms with van der Waals surface area (Å²) < 4.78 is 13.3. The minimum Gasteiger partial charge on any atom is -0.481 e. The maximum atomic E-state index is 12.9. The number of rotatable bonds is 7. The second kappa shape index (κ2) is 7.99. The molecule has 0 saturated heterocycles. The summed E-state index contributed by atoms with van der Waals surface area (Å²) >= 11 is 3.14. The fourth-order valence-electron chi connectivity index (χ4n) is 1.72. The summed E-state index contributed by atoms with van der Waals surface area (Å²) in [5.74, 6) is -1.27. The average Bonchev–Trinajstić information content (AvgIpc) is 2.36. The van der Waals surface area contributed by atoms with Crippen LogP contribution in [0.4, 0.5) is 4.39 Å². The van der Waals surface area contributed by atoms with Gasteiger partial charge in [-0.25, -0.2) is 4.39 Å². The molecule has 0 saturated carbocycles. The van der Waals surface area contributed by atoms with Crippen molar-refractivity contribution in [1.82, 2.24) is 5.32 Å². The van der Waals surface area contributed by atoms with E-state index in [4.69, 9.17) is 5.11 Å². The van der Waals surface area contributed by atoms with Gasteiger partial charge in [-0.15, -0.1) is 0 Å². The molecule has 1 unspecified atom stereocenters. The lowest BCUT2D eigenvalue weighted by atomic mass is 10.0. The van der Waals surface area contributed by atoms with Gasteiger partial charge in [-0.05, 0) is 52.9 Å². The summed E-state index contributed by atoms with van der Waals surface area (Å²) in [5, 5.41) is 11.3. The van der Waals surface area contributed by atoms with E-state index in [1.54, 1.807) is 0 Å². The van der Waals surface area contributed by atoms with Crippen molar-refractivity contribution in [2.75, 3.05) is 6.54 Å². The molecule has 20 heavy (non-hydrogen) atoms. The van der Waals surface area contributed by atoms with Crippen LogP contribution in [-0.2, 0) is 4.79 Å². The van der Waals surface area contributed by atoms with Crippen LogP contribution >= 0.6 is 15.9 Å². The lowest BCUT2D eigenvalue weighted by Gasteiger charge is -2.11. The summed E-state index contributed by atoms with van der Waals surface area (Å²) in [6.45, 7) is 2.41. The van der Waals surface area contributed by atoms with E-state index in [0.717, 1.165) is 0 Å². The molecule has 0 heterocycles. The van der Waals surface area contributed by atoms with E-state index < -0.39 is 11.8 Å². The minimum atomic E-state index is -0.809. The van der Waals surface area contributed by atoms with E-state index >= 15 is 0 Å². The van der Waals surface area contributed by atoms with E-state index in [1.807, 2.05) is 6.92 Å². The number of halogens is 2. The Labute approximate surface area is 125 Å². The zero-order valence-electron chi connectivity index (χ0n) is 11.2. The molecule has 2 N–H and O–H groups in total. The van der Waals surface area contributed by atoms with Crippen molar-refractivity contribution in [1.29, 1.82) is 0 Å². The first-order valence-electron chi connectivity index (χ1n) is 6.35. The van der Waals surface area contributed by atoms with Gasteiger partial charge >= 0.3 is 5.97 Å². The van der Waals surface area contributed by atoms with Crippen LogP contribution in [0.5, 0.6) is 0 Å². The Bertz CT molecular complexity index is 493. The first kappa shape index (κ1) is 16.6. The highest BCUT2D eigenvalue weighted by atomic mass is 79.9. The highest BCUT2D eigenvalue weighted by molar-refractivity contribution is 9.10. The van der Waals surface area contributed by atoms with Gasteiger partial charge in [-0.2, -0.15) is 0 Å². The average molecular weight is 346 g/mol. The Morgan fingerprint density at radius 3 is 2.70 bits per heavy atom. The van der Waals surface area contributed by atoms with Crippen LogP contribution in [-0.4, -0.2) is 23.5 Å². The molecule has 110 valence electrons. The number of hydrogen-bond donors (Lipinski definition) is 2. The molecule has 1 atom stereocenters. The van der Waals surface area contributed by atoms with E-state index in [2.05, 4.69) is 21.2 Å². The molecule has 0 aliphatic carbocycles. The van der Waals surface area contributed by atoms with Gasteiger partial charge in [0.1, 0.15) is 5.82 Å². The molecular formula is C14H17BrFNO3. The van der Waals surface area contributed by atoms with Gasteiger partial charge < -0.3 is 10.4 Å². The highest BCUT2D eigenvalue weighted by Gasteiger charge is 2.11. The van der Waals surface area contributed by atoms with Crippen molar-refractivity contribution in [2.24, 2.45) is 5.92 Å². The predicted molar refractivity (Wildman–Crippen MR) is 77.1 cm³/mol. The monoisotopic (exact) mass is 345 g/mol. The SMILES string of the molecule is CC(CCNC(=O)c1ccc(F)cc1Br)CCC(=O)O. The number of hydrogen-bond acceptors (Lipinski definition) is 2. The molecule has 1 aromatic rings. The Balaban J connectivity index is 2.38. The zero-order valence-corrected chi connectivity index (χ0v) is 12.7. The Morgan fingerprint density at radius 2 is 2.10 bits per heavy atom. The number of amides is 1. The quantitative estimate of drug-likeness (QED) is 0.797. The molecule has 4 nitrogen and oxygen atoms in total.